The normalized spacial score (nSPS) is 10.9. The van der Waals surface area contributed by atoms with E-state index in [0.717, 1.165) is 13.0 Å². The SMILES string of the molecule is C.CCC(CN)c1ccccc1.Cl. The molecule has 2 N–H and O–H groups in total. The molecular formula is C11H20ClN. The average molecular weight is 202 g/mol. The van der Waals surface area contributed by atoms with Crippen LogP contribution in [-0.4, -0.2) is 6.54 Å². The minimum absolute atomic E-state index is 0. The van der Waals surface area contributed by atoms with Crippen LogP contribution in [0.3, 0.4) is 0 Å². The number of rotatable bonds is 3. The molecule has 1 aromatic carbocycles. The largest absolute Gasteiger partial charge is 0.330 e. The highest BCUT2D eigenvalue weighted by atomic mass is 35.5. The Hall–Kier alpha value is -0.530. The Kier molecular flexibility index (Phi) is 9.31. The third kappa shape index (κ3) is 4.30. The summed E-state index contributed by atoms with van der Waals surface area (Å²) in [5.41, 5.74) is 6.97. The maximum absolute atomic E-state index is 5.62. The van der Waals surface area contributed by atoms with E-state index in [4.69, 9.17) is 5.73 Å². The summed E-state index contributed by atoms with van der Waals surface area (Å²) in [5, 5.41) is 0. The molecule has 0 aromatic heterocycles. The molecule has 0 spiro atoms. The van der Waals surface area contributed by atoms with E-state index in [0.29, 0.717) is 5.92 Å². The van der Waals surface area contributed by atoms with Crippen molar-refractivity contribution in [1.82, 2.24) is 0 Å². The Morgan fingerprint density at radius 3 is 2.15 bits per heavy atom. The van der Waals surface area contributed by atoms with Gasteiger partial charge in [-0.05, 0) is 24.4 Å². The van der Waals surface area contributed by atoms with E-state index in [9.17, 15) is 0 Å². The van der Waals surface area contributed by atoms with Gasteiger partial charge >= 0.3 is 0 Å². The zero-order chi connectivity index (χ0) is 8.10. The Morgan fingerprint density at radius 2 is 1.77 bits per heavy atom. The first-order chi connectivity index (χ1) is 5.38. The molecule has 1 aromatic rings. The van der Waals surface area contributed by atoms with Gasteiger partial charge in [0.25, 0.3) is 0 Å². The number of benzene rings is 1. The van der Waals surface area contributed by atoms with E-state index in [2.05, 4.69) is 31.2 Å². The van der Waals surface area contributed by atoms with Gasteiger partial charge in [0.15, 0.2) is 0 Å². The van der Waals surface area contributed by atoms with Gasteiger partial charge in [-0.3, -0.25) is 0 Å². The van der Waals surface area contributed by atoms with Crippen molar-refractivity contribution in [2.75, 3.05) is 6.54 Å². The van der Waals surface area contributed by atoms with E-state index in [1.807, 2.05) is 6.07 Å². The predicted molar refractivity (Wildman–Crippen MR) is 62.5 cm³/mol. The Balaban J connectivity index is 0. The Bertz CT molecular complexity index is 195. The fourth-order valence-electron chi connectivity index (χ4n) is 1.26. The maximum atomic E-state index is 5.62. The molecular weight excluding hydrogens is 182 g/mol. The molecule has 13 heavy (non-hydrogen) atoms. The second-order valence-electron chi connectivity index (χ2n) is 2.75. The summed E-state index contributed by atoms with van der Waals surface area (Å²) in [6.45, 7) is 2.92. The van der Waals surface area contributed by atoms with Crippen LogP contribution in [0, 0.1) is 0 Å². The molecule has 1 nitrogen and oxygen atoms in total. The number of hydrogen-bond acceptors (Lipinski definition) is 1. The van der Waals surface area contributed by atoms with E-state index in [-0.39, 0.29) is 19.8 Å². The molecule has 0 radical (unpaired) electrons. The van der Waals surface area contributed by atoms with Crippen LogP contribution < -0.4 is 5.73 Å². The van der Waals surface area contributed by atoms with Crippen molar-refractivity contribution in [2.24, 2.45) is 5.73 Å². The minimum atomic E-state index is 0. The lowest BCUT2D eigenvalue weighted by Gasteiger charge is -2.11. The van der Waals surface area contributed by atoms with Gasteiger partial charge in [0.05, 0.1) is 0 Å². The quantitative estimate of drug-likeness (QED) is 0.799. The van der Waals surface area contributed by atoms with Gasteiger partial charge in [-0.15, -0.1) is 12.4 Å². The highest BCUT2D eigenvalue weighted by Gasteiger charge is 2.04. The van der Waals surface area contributed by atoms with Gasteiger partial charge in [0.2, 0.25) is 0 Å². The Labute approximate surface area is 87.8 Å². The van der Waals surface area contributed by atoms with E-state index < -0.39 is 0 Å². The first kappa shape index (κ1) is 15.0. The van der Waals surface area contributed by atoms with Gasteiger partial charge in [-0.1, -0.05) is 44.7 Å². The van der Waals surface area contributed by atoms with Gasteiger partial charge in [0, 0.05) is 0 Å². The molecule has 0 aliphatic heterocycles. The highest BCUT2D eigenvalue weighted by Crippen LogP contribution is 2.16. The molecule has 0 saturated carbocycles. The standard InChI is InChI=1S/C10H15N.CH4.ClH/c1-2-9(8-11)10-6-4-3-5-7-10;;/h3-7,9H,2,8,11H2,1H3;1H4;1H. The second kappa shape index (κ2) is 8.09. The smallest absolute Gasteiger partial charge is 0.000834 e. The van der Waals surface area contributed by atoms with E-state index >= 15 is 0 Å². The van der Waals surface area contributed by atoms with E-state index in [1.165, 1.54) is 5.56 Å². The van der Waals surface area contributed by atoms with Gasteiger partial charge in [0.1, 0.15) is 0 Å². The molecule has 1 unspecified atom stereocenters. The van der Waals surface area contributed by atoms with Crippen LogP contribution in [0.4, 0.5) is 0 Å². The lowest BCUT2D eigenvalue weighted by molar-refractivity contribution is 0.674. The first-order valence-electron chi connectivity index (χ1n) is 4.13. The fourth-order valence-corrected chi connectivity index (χ4v) is 1.26. The molecule has 0 saturated heterocycles. The molecule has 0 fully saturated rings. The van der Waals surface area contributed by atoms with Crippen molar-refractivity contribution in [3.63, 3.8) is 0 Å². The second-order valence-corrected chi connectivity index (χ2v) is 2.75. The summed E-state index contributed by atoms with van der Waals surface area (Å²) in [4.78, 5) is 0. The molecule has 0 aliphatic rings. The third-order valence-electron chi connectivity index (χ3n) is 2.05. The van der Waals surface area contributed by atoms with Crippen molar-refractivity contribution in [3.05, 3.63) is 35.9 Å². The zero-order valence-electron chi connectivity index (χ0n) is 7.36. The van der Waals surface area contributed by atoms with Crippen molar-refractivity contribution < 1.29 is 0 Å². The average Bonchev–Trinajstić information content (AvgIpc) is 2.09. The molecule has 0 bridgehead atoms. The molecule has 76 valence electrons. The lowest BCUT2D eigenvalue weighted by atomic mass is 9.97. The van der Waals surface area contributed by atoms with Gasteiger partial charge < -0.3 is 5.73 Å². The third-order valence-corrected chi connectivity index (χ3v) is 2.05. The summed E-state index contributed by atoms with van der Waals surface area (Å²) in [6.07, 6.45) is 1.13. The van der Waals surface area contributed by atoms with Crippen LogP contribution in [0.2, 0.25) is 0 Å². The Morgan fingerprint density at radius 1 is 1.23 bits per heavy atom. The number of halogens is 1. The first-order valence-corrected chi connectivity index (χ1v) is 4.13. The summed E-state index contributed by atoms with van der Waals surface area (Å²) in [7, 11) is 0. The molecule has 2 heteroatoms. The minimum Gasteiger partial charge on any atom is -0.330 e. The predicted octanol–water partition coefficient (Wildman–Crippen LogP) is 3.20. The summed E-state index contributed by atoms with van der Waals surface area (Å²) in [6, 6.07) is 10.4. The molecule has 0 heterocycles. The van der Waals surface area contributed by atoms with Crippen LogP contribution in [0.1, 0.15) is 32.3 Å². The van der Waals surface area contributed by atoms with Crippen molar-refractivity contribution in [1.29, 1.82) is 0 Å². The molecule has 0 aliphatic carbocycles. The molecule has 0 amide bonds. The van der Waals surface area contributed by atoms with Crippen LogP contribution >= 0.6 is 12.4 Å². The monoisotopic (exact) mass is 201 g/mol. The lowest BCUT2D eigenvalue weighted by Crippen LogP contribution is -2.11. The van der Waals surface area contributed by atoms with E-state index in [1.54, 1.807) is 0 Å². The van der Waals surface area contributed by atoms with Crippen LogP contribution in [0.25, 0.3) is 0 Å². The van der Waals surface area contributed by atoms with Crippen molar-refractivity contribution in [2.45, 2.75) is 26.7 Å². The van der Waals surface area contributed by atoms with Crippen LogP contribution in [0.5, 0.6) is 0 Å². The molecule has 1 atom stereocenters. The molecule has 1 rings (SSSR count). The number of hydrogen-bond donors (Lipinski definition) is 1. The number of nitrogens with two attached hydrogens (primary N) is 1. The van der Waals surface area contributed by atoms with Crippen LogP contribution in [0.15, 0.2) is 30.3 Å². The maximum Gasteiger partial charge on any atom is -0.000834 e. The summed E-state index contributed by atoms with van der Waals surface area (Å²) in [5.74, 6) is 0.538. The van der Waals surface area contributed by atoms with Crippen molar-refractivity contribution in [3.8, 4) is 0 Å². The van der Waals surface area contributed by atoms with Gasteiger partial charge in [-0.25, -0.2) is 0 Å². The zero-order valence-corrected chi connectivity index (χ0v) is 8.18. The topological polar surface area (TPSA) is 26.0 Å². The van der Waals surface area contributed by atoms with Gasteiger partial charge in [-0.2, -0.15) is 0 Å². The fraction of sp³-hybridized carbons (Fsp3) is 0.455. The van der Waals surface area contributed by atoms with Crippen molar-refractivity contribution >= 4 is 12.4 Å². The van der Waals surface area contributed by atoms with Crippen LogP contribution in [-0.2, 0) is 0 Å². The summed E-state index contributed by atoms with van der Waals surface area (Å²) >= 11 is 0. The summed E-state index contributed by atoms with van der Waals surface area (Å²) < 4.78 is 0. The highest BCUT2D eigenvalue weighted by molar-refractivity contribution is 5.85.